The zero-order valence-corrected chi connectivity index (χ0v) is 9.64. The monoisotopic (exact) mass is 241 g/mol. The van der Waals surface area contributed by atoms with Gasteiger partial charge in [-0.25, -0.2) is 10.8 Å². The van der Waals surface area contributed by atoms with Crippen LogP contribution in [0.15, 0.2) is 12.1 Å². The molecule has 8 heteroatoms. The Bertz CT molecular complexity index is 398. The normalized spacial score (nSPS) is 11.9. The van der Waals surface area contributed by atoms with Gasteiger partial charge in [-0.05, 0) is 6.92 Å². The third-order valence-electron chi connectivity index (χ3n) is 1.98. The standard InChI is InChI=1S/C9H15N5O3/c1-6(5-17-2)11-8-3-7(14(15)16)4-9(12-8)13-10/h3-4,6H,5,10H2,1-2H3,(H2,11,12,13). The molecule has 0 aliphatic heterocycles. The number of nitrogens with one attached hydrogen (secondary N) is 2. The highest BCUT2D eigenvalue weighted by Crippen LogP contribution is 2.20. The Labute approximate surface area is 98.3 Å². The van der Waals surface area contributed by atoms with E-state index in [0.717, 1.165) is 0 Å². The largest absolute Gasteiger partial charge is 0.383 e. The van der Waals surface area contributed by atoms with Gasteiger partial charge in [-0.1, -0.05) is 0 Å². The highest BCUT2D eigenvalue weighted by molar-refractivity contribution is 5.54. The van der Waals surface area contributed by atoms with Crippen LogP contribution in [0.25, 0.3) is 0 Å². The molecule has 1 unspecified atom stereocenters. The second-order valence-electron chi connectivity index (χ2n) is 3.50. The van der Waals surface area contributed by atoms with E-state index in [2.05, 4.69) is 15.7 Å². The number of methoxy groups -OCH3 is 1. The summed E-state index contributed by atoms with van der Waals surface area (Å²) < 4.78 is 4.95. The van der Waals surface area contributed by atoms with Crippen molar-refractivity contribution in [3.8, 4) is 0 Å². The first-order valence-corrected chi connectivity index (χ1v) is 4.95. The third kappa shape index (κ3) is 3.85. The van der Waals surface area contributed by atoms with Gasteiger partial charge in [-0.3, -0.25) is 10.1 Å². The van der Waals surface area contributed by atoms with Crippen LogP contribution in [0.1, 0.15) is 6.92 Å². The Morgan fingerprint density at radius 1 is 1.59 bits per heavy atom. The second-order valence-corrected chi connectivity index (χ2v) is 3.50. The minimum atomic E-state index is -0.505. The highest BCUT2D eigenvalue weighted by atomic mass is 16.6. The molecule has 0 aromatic carbocycles. The number of anilines is 2. The minimum absolute atomic E-state index is 0.0138. The molecule has 1 rings (SSSR count). The minimum Gasteiger partial charge on any atom is -0.383 e. The van der Waals surface area contributed by atoms with Gasteiger partial charge in [0.25, 0.3) is 5.69 Å². The van der Waals surface area contributed by atoms with Crippen molar-refractivity contribution in [3.05, 3.63) is 22.2 Å². The van der Waals surface area contributed by atoms with E-state index in [0.29, 0.717) is 12.4 Å². The van der Waals surface area contributed by atoms with E-state index in [1.54, 1.807) is 7.11 Å². The molecule has 0 fully saturated rings. The second kappa shape index (κ2) is 5.97. The van der Waals surface area contributed by atoms with E-state index in [4.69, 9.17) is 10.6 Å². The van der Waals surface area contributed by atoms with Gasteiger partial charge < -0.3 is 15.5 Å². The van der Waals surface area contributed by atoms with Crippen molar-refractivity contribution in [3.63, 3.8) is 0 Å². The molecular formula is C9H15N5O3. The SMILES string of the molecule is COCC(C)Nc1cc([N+](=O)[O-])cc(NN)n1. The van der Waals surface area contributed by atoms with Gasteiger partial charge in [0, 0.05) is 13.2 Å². The van der Waals surface area contributed by atoms with Crippen molar-refractivity contribution < 1.29 is 9.66 Å². The summed E-state index contributed by atoms with van der Waals surface area (Å²) >= 11 is 0. The molecule has 0 saturated heterocycles. The number of nitrogens with zero attached hydrogens (tertiary/aromatic N) is 2. The molecule has 0 radical (unpaired) electrons. The first kappa shape index (κ1) is 13.1. The molecule has 1 aromatic rings. The molecule has 0 amide bonds. The lowest BCUT2D eigenvalue weighted by atomic mass is 10.3. The molecule has 0 aliphatic rings. The summed E-state index contributed by atoms with van der Waals surface area (Å²) in [6.45, 7) is 2.34. The summed E-state index contributed by atoms with van der Waals surface area (Å²) in [5.41, 5.74) is 2.20. The van der Waals surface area contributed by atoms with Crippen LogP contribution in [0.2, 0.25) is 0 Å². The summed E-state index contributed by atoms with van der Waals surface area (Å²) in [5.74, 6) is 5.79. The third-order valence-corrected chi connectivity index (χ3v) is 1.98. The van der Waals surface area contributed by atoms with Gasteiger partial charge in [-0.2, -0.15) is 0 Å². The zero-order chi connectivity index (χ0) is 12.8. The Morgan fingerprint density at radius 2 is 2.24 bits per heavy atom. The summed E-state index contributed by atoms with van der Waals surface area (Å²) in [7, 11) is 1.58. The Hall–Kier alpha value is -1.93. The maximum absolute atomic E-state index is 10.7. The fourth-order valence-electron chi connectivity index (χ4n) is 1.31. The van der Waals surface area contributed by atoms with Crippen LogP contribution < -0.4 is 16.6 Å². The molecule has 0 aliphatic carbocycles. The summed E-state index contributed by atoms with van der Waals surface area (Å²) in [6.07, 6.45) is 0. The van der Waals surface area contributed by atoms with Crippen molar-refractivity contribution >= 4 is 17.3 Å². The van der Waals surface area contributed by atoms with Gasteiger partial charge in [0.2, 0.25) is 0 Å². The number of hydrogen-bond acceptors (Lipinski definition) is 7. The first-order chi connectivity index (χ1) is 8.06. The van der Waals surface area contributed by atoms with Crippen LogP contribution in [0, 0.1) is 10.1 Å². The van der Waals surface area contributed by atoms with Crippen molar-refractivity contribution in [1.29, 1.82) is 0 Å². The Balaban J connectivity index is 2.90. The lowest BCUT2D eigenvalue weighted by Gasteiger charge is -2.13. The van der Waals surface area contributed by atoms with E-state index < -0.39 is 4.92 Å². The predicted octanol–water partition coefficient (Wildman–Crippen LogP) is 0.722. The van der Waals surface area contributed by atoms with Crippen LogP contribution in [-0.2, 0) is 4.74 Å². The first-order valence-electron chi connectivity index (χ1n) is 4.95. The Morgan fingerprint density at radius 3 is 2.76 bits per heavy atom. The van der Waals surface area contributed by atoms with Gasteiger partial charge in [0.15, 0.2) is 0 Å². The smallest absolute Gasteiger partial charge is 0.276 e. The molecule has 94 valence electrons. The molecule has 8 nitrogen and oxygen atoms in total. The van der Waals surface area contributed by atoms with Crippen molar-refractivity contribution in [2.75, 3.05) is 24.5 Å². The lowest BCUT2D eigenvalue weighted by Crippen LogP contribution is -2.22. The Kier molecular flexibility index (Phi) is 4.61. The summed E-state index contributed by atoms with van der Waals surface area (Å²) in [4.78, 5) is 14.2. The van der Waals surface area contributed by atoms with Gasteiger partial charge in [-0.15, -0.1) is 0 Å². The fourth-order valence-corrected chi connectivity index (χ4v) is 1.31. The number of hydrazine groups is 1. The van der Waals surface area contributed by atoms with Crippen molar-refractivity contribution in [1.82, 2.24) is 4.98 Å². The van der Waals surface area contributed by atoms with E-state index >= 15 is 0 Å². The predicted molar refractivity (Wildman–Crippen MR) is 63.7 cm³/mol. The van der Waals surface area contributed by atoms with Crippen molar-refractivity contribution in [2.45, 2.75) is 13.0 Å². The quantitative estimate of drug-likeness (QED) is 0.382. The fraction of sp³-hybridized carbons (Fsp3) is 0.444. The number of nitrogen functional groups attached to an aromatic ring is 1. The maximum atomic E-state index is 10.7. The summed E-state index contributed by atoms with van der Waals surface area (Å²) in [5, 5.41) is 13.7. The average molecular weight is 241 g/mol. The molecule has 0 bridgehead atoms. The van der Waals surface area contributed by atoms with Crippen LogP contribution in [-0.4, -0.2) is 29.7 Å². The summed E-state index contributed by atoms with van der Waals surface area (Å²) in [6, 6.07) is 2.58. The molecule has 0 saturated carbocycles. The lowest BCUT2D eigenvalue weighted by molar-refractivity contribution is -0.384. The number of nitro groups is 1. The number of aromatic nitrogens is 1. The molecule has 1 heterocycles. The van der Waals surface area contributed by atoms with Crippen LogP contribution in [0.4, 0.5) is 17.3 Å². The molecular weight excluding hydrogens is 226 g/mol. The number of hydrogen-bond donors (Lipinski definition) is 3. The van der Waals surface area contributed by atoms with E-state index in [9.17, 15) is 10.1 Å². The van der Waals surface area contributed by atoms with Gasteiger partial charge in [0.05, 0.1) is 23.7 Å². The van der Waals surface area contributed by atoms with Crippen molar-refractivity contribution in [2.24, 2.45) is 5.84 Å². The van der Waals surface area contributed by atoms with Crippen LogP contribution in [0.5, 0.6) is 0 Å². The van der Waals surface area contributed by atoms with E-state index in [-0.39, 0.29) is 17.5 Å². The number of pyridine rings is 1. The number of nitrogens with two attached hydrogens (primary N) is 1. The van der Waals surface area contributed by atoms with Crippen LogP contribution in [0.3, 0.4) is 0 Å². The molecule has 17 heavy (non-hydrogen) atoms. The zero-order valence-electron chi connectivity index (χ0n) is 9.64. The maximum Gasteiger partial charge on any atom is 0.276 e. The van der Waals surface area contributed by atoms with E-state index in [1.807, 2.05) is 6.92 Å². The molecule has 0 spiro atoms. The molecule has 1 aromatic heterocycles. The van der Waals surface area contributed by atoms with Gasteiger partial charge >= 0.3 is 0 Å². The van der Waals surface area contributed by atoms with Gasteiger partial charge in [0.1, 0.15) is 11.6 Å². The topological polar surface area (TPSA) is 115 Å². The average Bonchev–Trinajstić information content (AvgIpc) is 2.28. The number of rotatable bonds is 6. The van der Waals surface area contributed by atoms with E-state index in [1.165, 1.54) is 12.1 Å². The molecule has 1 atom stereocenters. The number of ether oxygens (including phenoxy) is 1. The molecule has 4 N–H and O–H groups in total. The van der Waals surface area contributed by atoms with Crippen LogP contribution >= 0.6 is 0 Å². The highest BCUT2D eigenvalue weighted by Gasteiger charge is 2.12.